The first-order valence-corrected chi connectivity index (χ1v) is 15.5. The topological polar surface area (TPSA) is 6.48 Å². The van der Waals surface area contributed by atoms with Crippen molar-refractivity contribution in [3.8, 4) is 0 Å². The highest BCUT2D eigenvalue weighted by molar-refractivity contribution is 8.96. The lowest BCUT2D eigenvalue weighted by Crippen LogP contribution is -2.45. The van der Waals surface area contributed by atoms with Crippen molar-refractivity contribution in [2.45, 2.75) is 39.5 Å². The molecule has 0 aromatic carbocycles. The Balaban J connectivity index is 2.82. The van der Waals surface area contributed by atoms with E-state index in [0.717, 1.165) is 13.1 Å². The highest BCUT2D eigenvalue weighted by Gasteiger charge is 2.69. The lowest BCUT2D eigenvalue weighted by molar-refractivity contribution is 0.512. The summed E-state index contributed by atoms with van der Waals surface area (Å²) in [5, 5.41) is 0. The summed E-state index contributed by atoms with van der Waals surface area (Å²) in [5.74, 6) is -3.10. The first-order valence-electron chi connectivity index (χ1n) is 6.39. The maximum Gasteiger partial charge on any atom is 0.171 e. The van der Waals surface area contributed by atoms with Gasteiger partial charge >= 0.3 is 0 Å². The van der Waals surface area contributed by atoms with Gasteiger partial charge in [-0.25, -0.2) is 0 Å². The highest BCUT2D eigenvalue weighted by atomic mass is 33.1. The summed E-state index contributed by atoms with van der Waals surface area (Å²) >= 11 is 15.7. The second-order valence-corrected chi connectivity index (χ2v) is 19.2. The Bertz CT molecular complexity index is 236. The van der Waals surface area contributed by atoms with Crippen molar-refractivity contribution in [2.75, 3.05) is 25.6 Å². The lowest BCUT2D eigenvalue weighted by atomic mass is 10.3. The summed E-state index contributed by atoms with van der Waals surface area (Å²) in [4.78, 5) is 0. The van der Waals surface area contributed by atoms with Gasteiger partial charge in [0.1, 0.15) is 0 Å². The van der Waals surface area contributed by atoms with Crippen molar-refractivity contribution in [3.63, 3.8) is 0 Å². The zero-order valence-electron chi connectivity index (χ0n) is 11.7. The summed E-state index contributed by atoms with van der Waals surface area (Å²) in [7, 11) is 0. The predicted octanol–water partition coefficient (Wildman–Crippen LogP) is 5.38. The standard InChI is InChI=1S/C10H24N2P2S4/c1-5-7-9-11-13(15,17-3)12(10-8-6-2)14(11,16)18-4/h5-10H2,1-4H3. The van der Waals surface area contributed by atoms with Gasteiger partial charge in [-0.3, -0.25) is 0 Å². The van der Waals surface area contributed by atoms with E-state index in [9.17, 15) is 0 Å². The van der Waals surface area contributed by atoms with Crippen LogP contribution in [0.3, 0.4) is 0 Å². The van der Waals surface area contributed by atoms with Gasteiger partial charge in [0, 0.05) is 35.3 Å². The van der Waals surface area contributed by atoms with E-state index in [2.05, 4.69) is 35.2 Å². The van der Waals surface area contributed by atoms with E-state index in [1.807, 2.05) is 22.8 Å². The SMILES string of the molecule is CCCCN1[P+]([S-])(SC)N(CCCC)[P+]1([S-])SC. The number of nitrogens with zero attached hydrogens (tertiary/aromatic N) is 2. The average Bonchev–Trinajstić information content (AvgIpc) is 2.38. The van der Waals surface area contributed by atoms with Crippen LogP contribution in [0.1, 0.15) is 39.5 Å². The van der Waals surface area contributed by atoms with Gasteiger partial charge in [0.25, 0.3) is 0 Å². The molecular weight excluding hydrogens is 338 g/mol. The minimum atomic E-state index is -1.55. The molecule has 0 aromatic rings. The fourth-order valence-corrected chi connectivity index (χ4v) is 25.5. The van der Waals surface area contributed by atoms with Crippen molar-refractivity contribution in [2.24, 2.45) is 0 Å². The largest absolute Gasteiger partial charge is 0.498 e. The van der Waals surface area contributed by atoms with E-state index in [0.29, 0.717) is 0 Å². The molecule has 1 saturated heterocycles. The third-order valence-electron chi connectivity index (χ3n) is 3.07. The molecule has 108 valence electrons. The lowest BCUT2D eigenvalue weighted by Gasteiger charge is -2.62. The molecule has 0 bridgehead atoms. The Labute approximate surface area is 132 Å². The predicted molar refractivity (Wildman–Crippen MR) is 98.8 cm³/mol. The molecule has 0 amide bonds. The minimum Gasteiger partial charge on any atom is -0.498 e. The summed E-state index contributed by atoms with van der Waals surface area (Å²) in [6.45, 7) is 6.68. The summed E-state index contributed by atoms with van der Waals surface area (Å²) in [6, 6.07) is 0. The summed E-state index contributed by atoms with van der Waals surface area (Å²) < 4.78 is 5.08. The Hall–Kier alpha value is 2.18. The Morgan fingerprint density at radius 2 is 1.17 bits per heavy atom. The molecule has 8 heteroatoms. The van der Waals surface area contributed by atoms with Crippen LogP contribution in [0, 0.1) is 0 Å². The van der Waals surface area contributed by atoms with Crippen LogP contribution in [0.25, 0.3) is 0 Å². The Kier molecular flexibility index (Phi) is 8.08. The molecule has 1 aliphatic rings. The summed E-state index contributed by atoms with van der Waals surface area (Å²) in [5.41, 5.74) is 0. The molecule has 0 atom stereocenters. The van der Waals surface area contributed by atoms with Crippen molar-refractivity contribution in [1.29, 1.82) is 0 Å². The second kappa shape index (κ2) is 7.98. The Morgan fingerprint density at radius 3 is 1.39 bits per heavy atom. The highest BCUT2D eigenvalue weighted by Crippen LogP contribution is 3.02. The van der Waals surface area contributed by atoms with Gasteiger partial charge in [0.05, 0.1) is 13.1 Å². The maximum absolute atomic E-state index is 5.99. The molecular formula is C10H24N2P2S4. The van der Waals surface area contributed by atoms with E-state index in [1.165, 1.54) is 25.7 Å². The van der Waals surface area contributed by atoms with E-state index in [4.69, 9.17) is 24.5 Å². The molecule has 0 aliphatic carbocycles. The van der Waals surface area contributed by atoms with E-state index in [1.54, 1.807) is 0 Å². The van der Waals surface area contributed by atoms with Gasteiger partial charge in [-0.05, 0) is 21.7 Å². The molecule has 1 aliphatic heterocycles. The molecule has 2 nitrogen and oxygen atoms in total. The van der Waals surface area contributed by atoms with E-state index < -0.39 is 11.9 Å². The third-order valence-corrected chi connectivity index (χ3v) is 23.4. The van der Waals surface area contributed by atoms with Crippen LogP contribution in [0.4, 0.5) is 0 Å². The van der Waals surface area contributed by atoms with Gasteiger partial charge in [-0.2, -0.15) is 0 Å². The van der Waals surface area contributed by atoms with Gasteiger partial charge in [-0.1, -0.05) is 26.7 Å². The van der Waals surface area contributed by atoms with Crippen LogP contribution < -0.4 is 0 Å². The molecule has 1 rings (SSSR count). The van der Waals surface area contributed by atoms with Crippen molar-refractivity contribution < 1.29 is 0 Å². The van der Waals surface area contributed by atoms with Gasteiger partial charge in [0.15, 0.2) is 11.9 Å². The van der Waals surface area contributed by atoms with Crippen LogP contribution in [-0.4, -0.2) is 34.5 Å². The van der Waals surface area contributed by atoms with Gasteiger partial charge in [0.2, 0.25) is 0 Å². The average molecular weight is 363 g/mol. The third kappa shape index (κ3) is 3.32. The fraction of sp³-hybridized carbons (Fsp3) is 1.00. The molecule has 0 unspecified atom stereocenters. The van der Waals surface area contributed by atoms with Crippen LogP contribution in [0.15, 0.2) is 0 Å². The van der Waals surface area contributed by atoms with Crippen LogP contribution in [-0.2, 0) is 24.5 Å². The van der Waals surface area contributed by atoms with Gasteiger partial charge < -0.3 is 24.5 Å². The second-order valence-electron chi connectivity index (χ2n) is 4.25. The molecule has 1 fully saturated rings. The zero-order valence-corrected chi connectivity index (χ0v) is 16.7. The smallest absolute Gasteiger partial charge is 0.171 e. The Morgan fingerprint density at radius 1 is 0.833 bits per heavy atom. The summed E-state index contributed by atoms with van der Waals surface area (Å²) in [6.07, 6.45) is 9.21. The van der Waals surface area contributed by atoms with Crippen LogP contribution in [0.5, 0.6) is 0 Å². The van der Waals surface area contributed by atoms with Crippen LogP contribution in [0.2, 0.25) is 0 Å². The molecule has 18 heavy (non-hydrogen) atoms. The van der Waals surface area contributed by atoms with Crippen molar-refractivity contribution in [3.05, 3.63) is 0 Å². The van der Waals surface area contributed by atoms with Crippen LogP contribution >= 0.6 is 34.7 Å². The molecule has 0 aromatic heterocycles. The zero-order chi connectivity index (χ0) is 13.8. The maximum atomic E-state index is 5.99. The number of hydrogen-bond donors (Lipinski definition) is 0. The first-order chi connectivity index (χ1) is 8.51. The quantitative estimate of drug-likeness (QED) is 0.419. The molecule has 0 spiro atoms. The van der Waals surface area contributed by atoms with Crippen molar-refractivity contribution in [1.82, 2.24) is 8.88 Å². The first kappa shape index (κ1) is 18.2. The van der Waals surface area contributed by atoms with Gasteiger partial charge in [-0.15, -0.1) is 0 Å². The molecule has 1 heterocycles. The molecule has 0 N–H and O–H groups in total. The number of rotatable bonds is 8. The fourth-order valence-electron chi connectivity index (χ4n) is 1.97. The van der Waals surface area contributed by atoms with E-state index in [-0.39, 0.29) is 0 Å². The van der Waals surface area contributed by atoms with E-state index >= 15 is 0 Å². The van der Waals surface area contributed by atoms with Crippen molar-refractivity contribution >= 4 is 59.2 Å². The number of unbranched alkanes of at least 4 members (excludes halogenated alkanes) is 2. The minimum absolute atomic E-state index is 1.11. The molecule has 0 saturated carbocycles. The normalized spacial score (nSPS) is 33.7. The monoisotopic (exact) mass is 362 g/mol. The number of hydrogen-bond acceptors (Lipinski definition) is 6. The molecule has 0 radical (unpaired) electrons.